The number of hydrogen-bond donors (Lipinski definition) is 1. The molecule has 0 saturated heterocycles. The van der Waals surface area contributed by atoms with Gasteiger partial charge in [0.2, 0.25) is 5.76 Å². The first-order chi connectivity index (χ1) is 10.5. The van der Waals surface area contributed by atoms with Crippen LogP contribution < -0.4 is 0 Å². The lowest BCUT2D eigenvalue weighted by Gasteiger charge is -2.56. The fourth-order valence-electron chi connectivity index (χ4n) is 5.41. The Hall–Kier alpha value is -1.78. The molecule has 118 valence electrons. The lowest BCUT2D eigenvalue weighted by Crippen LogP contribution is -2.56. The van der Waals surface area contributed by atoms with E-state index in [1.807, 2.05) is 11.9 Å². The molecular weight excluding hydrogens is 282 g/mol. The molecular formula is C17H21NO4. The van der Waals surface area contributed by atoms with Gasteiger partial charge in [0.05, 0.1) is 0 Å². The van der Waals surface area contributed by atoms with Crippen molar-refractivity contribution in [1.29, 1.82) is 0 Å². The van der Waals surface area contributed by atoms with Crippen LogP contribution in [0.3, 0.4) is 0 Å². The fourth-order valence-corrected chi connectivity index (χ4v) is 5.41. The van der Waals surface area contributed by atoms with Gasteiger partial charge in [-0.05, 0) is 67.9 Å². The topological polar surface area (TPSA) is 70.8 Å². The third-order valence-electron chi connectivity index (χ3n) is 5.97. The first kappa shape index (κ1) is 13.9. The maximum atomic E-state index is 12.6. The molecule has 5 nitrogen and oxygen atoms in total. The summed E-state index contributed by atoms with van der Waals surface area (Å²) in [6.45, 7) is 0. The van der Waals surface area contributed by atoms with Gasteiger partial charge in [-0.2, -0.15) is 0 Å². The van der Waals surface area contributed by atoms with E-state index < -0.39 is 5.97 Å². The fraction of sp³-hybridized carbons (Fsp3) is 0.647. The van der Waals surface area contributed by atoms with Gasteiger partial charge in [-0.3, -0.25) is 4.79 Å². The second kappa shape index (κ2) is 4.86. The number of carbonyl (C=O) groups excluding carboxylic acids is 1. The molecule has 1 heterocycles. The SMILES string of the molecule is CN(C(=O)c1ccc(C(=O)O)o1)C1C2CC3CC(C2)CC1C3. The Balaban J connectivity index is 1.54. The molecule has 0 radical (unpaired) electrons. The average Bonchev–Trinajstić information content (AvgIpc) is 2.95. The first-order valence-electron chi connectivity index (χ1n) is 8.13. The van der Waals surface area contributed by atoms with E-state index in [-0.39, 0.29) is 17.4 Å². The van der Waals surface area contributed by atoms with Gasteiger partial charge < -0.3 is 14.4 Å². The Morgan fingerprint density at radius 1 is 1.05 bits per heavy atom. The van der Waals surface area contributed by atoms with Crippen molar-refractivity contribution in [2.24, 2.45) is 23.7 Å². The summed E-state index contributed by atoms with van der Waals surface area (Å²) in [4.78, 5) is 25.4. The zero-order valence-electron chi connectivity index (χ0n) is 12.7. The summed E-state index contributed by atoms with van der Waals surface area (Å²) in [5.41, 5.74) is 0. The Kier molecular flexibility index (Phi) is 3.06. The van der Waals surface area contributed by atoms with Gasteiger partial charge in [0.1, 0.15) is 0 Å². The molecule has 4 aliphatic rings. The van der Waals surface area contributed by atoms with Crippen LogP contribution >= 0.6 is 0 Å². The quantitative estimate of drug-likeness (QED) is 0.932. The third kappa shape index (κ3) is 2.06. The molecule has 0 aliphatic heterocycles. The van der Waals surface area contributed by atoms with Gasteiger partial charge >= 0.3 is 5.97 Å². The van der Waals surface area contributed by atoms with Gasteiger partial charge in [-0.15, -0.1) is 0 Å². The van der Waals surface area contributed by atoms with Crippen LogP contribution in [0, 0.1) is 23.7 Å². The molecule has 1 aromatic heterocycles. The molecule has 1 aromatic rings. The van der Waals surface area contributed by atoms with Crippen LogP contribution in [0.4, 0.5) is 0 Å². The summed E-state index contributed by atoms with van der Waals surface area (Å²) in [5.74, 6) is 1.57. The van der Waals surface area contributed by atoms with E-state index >= 15 is 0 Å². The van der Waals surface area contributed by atoms with Crippen molar-refractivity contribution < 1.29 is 19.1 Å². The minimum Gasteiger partial charge on any atom is -0.475 e. The Morgan fingerprint density at radius 2 is 1.59 bits per heavy atom. The molecule has 1 N–H and O–H groups in total. The van der Waals surface area contributed by atoms with Crippen LogP contribution in [-0.4, -0.2) is 35.0 Å². The van der Waals surface area contributed by atoms with E-state index in [1.54, 1.807) is 0 Å². The summed E-state index contributed by atoms with van der Waals surface area (Å²) in [6, 6.07) is 3.11. The molecule has 5 rings (SSSR count). The standard InChI is InChI=1S/C17H21NO4/c1-18(16(19)13-2-3-14(22-13)17(20)21)15-11-5-9-4-10(7-11)8-12(15)6-9/h2-3,9-12,15H,4-8H2,1H3,(H,20,21). The van der Waals surface area contributed by atoms with Crippen molar-refractivity contribution in [3.05, 3.63) is 23.7 Å². The number of rotatable bonds is 3. The number of aromatic carboxylic acids is 1. The molecule has 5 heteroatoms. The Morgan fingerprint density at radius 3 is 2.09 bits per heavy atom. The van der Waals surface area contributed by atoms with Crippen LogP contribution in [0.15, 0.2) is 16.5 Å². The summed E-state index contributed by atoms with van der Waals surface area (Å²) in [7, 11) is 1.85. The summed E-state index contributed by atoms with van der Waals surface area (Å²) < 4.78 is 5.18. The van der Waals surface area contributed by atoms with Crippen molar-refractivity contribution >= 4 is 11.9 Å². The van der Waals surface area contributed by atoms with Gasteiger partial charge in [-0.25, -0.2) is 4.79 Å². The highest BCUT2D eigenvalue weighted by atomic mass is 16.4. The minimum absolute atomic E-state index is 0.133. The maximum Gasteiger partial charge on any atom is 0.371 e. The molecule has 4 aliphatic carbocycles. The number of furan rings is 1. The second-order valence-electron chi connectivity index (χ2n) is 7.31. The molecule has 22 heavy (non-hydrogen) atoms. The van der Waals surface area contributed by atoms with Crippen LogP contribution in [0.25, 0.3) is 0 Å². The molecule has 0 aromatic carbocycles. The number of amides is 1. The van der Waals surface area contributed by atoms with E-state index in [1.165, 1.54) is 44.2 Å². The van der Waals surface area contributed by atoms with Crippen LogP contribution in [-0.2, 0) is 0 Å². The molecule has 0 spiro atoms. The van der Waals surface area contributed by atoms with Crippen molar-refractivity contribution in [3.8, 4) is 0 Å². The molecule has 4 saturated carbocycles. The predicted molar refractivity (Wildman–Crippen MR) is 78.6 cm³/mol. The maximum absolute atomic E-state index is 12.6. The Labute approximate surface area is 129 Å². The normalized spacial score (nSPS) is 35.6. The van der Waals surface area contributed by atoms with Gasteiger partial charge in [-0.1, -0.05) is 0 Å². The van der Waals surface area contributed by atoms with Crippen LogP contribution in [0.5, 0.6) is 0 Å². The molecule has 0 unspecified atom stereocenters. The van der Waals surface area contributed by atoms with E-state index in [2.05, 4.69) is 0 Å². The van der Waals surface area contributed by atoms with E-state index in [4.69, 9.17) is 9.52 Å². The number of carboxylic acid groups (broad SMARTS) is 1. The predicted octanol–water partition coefficient (Wildman–Crippen LogP) is 2.87. The van der Waals surface area contributed by atoms with Crippen molar-refractivity contribution in [3.63, 3.8) is 0 Å². The van der Waals surface area contributed by atoms with Gasteiger partial charge in [0.15, 0.2) is 5.76 Å². The minimum atomic E-state index is -1.14. The summed E-state index contributed by atoms with van der Waals surface area (Å²) >= 11 is 0. The highest BCUT2D eigenvalue weighted by molar-refractivity contribution is 5.93. The number of nitrogens with zero attached hydrogens (tertiary/aromatic N) is 1. The zero-order valence-corrected chi connectivity index (χ0v) is 12.7. The van der Waals surface area contributed by atoms with Crippen LogP contribution in [0.2, 0.25) is 0 Å². The van der Waals surface area contributed by atoms with Crippen LogP contribution in [0.1, 0.15) is 53.2 Å². The summed E-state index contributed by atoms with van der Waals surface area (Å²) in [5, 5.41) is 8.91. The summed E-state index contributed by atoms with van der Waals surface area (Å²) in [6.07, 6.45) is 6.36. The monoisotopic (exact) mass is 303 g/mol. The van der Waals surface area contributed by atoms with E-state index in [9.17, 15) is 9.59 Å². The van der Waals surface area contributed by atoms with Gasteiger partial charge in [0.25, 0.3) is 5.91 Å². The molecule has 4 fully saturated rings. The van der Waals surface area contributed by atoms with E-state index in [0.29, 0.717) is 17.9 Å². The van der Waals surface area contributed by atoms with Crippen molar-refractivity contribution in [2.45, 2.75) is 38.1 Å². The van der Waals surface area contributed by atoms with E-state index in [0.717, 1.165) is 11.8 Å². The zero-order chi connectivity index (χ0) is 15.4. The average molecular weight is 303 g/mol. The highest BCUT2D eigenvalue weighted by Crippen LogP contribution is 2.55. The smallest absolute Gasteiger partial charge is 0.371 e. The number of carbonyl (C=O) groups is 2. The molecule has 1 amide bonds. The molecule has 4 bridgehead atoms. The lowest BCUT2D eigenvalue weighted by molar-refractivity contribution is -0.0497. The first-order valence-corrected chi connectivity index (χ1v) is 8.13. The largest absolute Gasteiger partial charge is 0.475 e. The highest BCUT2D eigenvalue weighted by Gasteiger charge is 2.50. The lowest BCUT2D eigenvalue weighted by atomic mass is 9.54. The second-order valence-corrected chi connectivity index (χ2v) is 7.31. The Bertz CT molecular complexity index is 592. The van der Waals surface area contributed by atoms with Gasteiger partial charge in [0, 0.05) is 13.1 Å². The number of hydrogen-bond acceptors (Lipinski definition) is 3. The van der Waals surface area contributed by atoms with Crippen molar-refractivity contribution in [2.75, 3.05) is 7.05 Å². The number of carboxylic acids is 1. The molecule has 0 atom stereocenters. The third-order valence-corrected chi connectivity index (χ3v) is 5.97. The van der Waals surface area contributed by atoms with Crippen molar-refractivity contribution in [1.82, 2.24) is 4.90 Å².